The van der Waals surface area contributed by atoms with Gasteiger partial charge < -0.3 is 4.79 Å². The molecule has 11 heavy (non-hydrogen) atoms. The van der Waals surface area contributed by atoms with E-state index >= 15 is 0 Å². The fraction of sp³-hybridized carbons (Fsp3) is 0.889. The van der Waals surface area contributed by atoms with E-state index in [-0.39, 0.29) is 0 Å². The quantitative estimate of drug-likeness (QED) is 0.479. The van der Waals surface area contributed by atoms with Crippen LogP contribution in [0.25, 0.3) is 0 Å². The van der Waals surface area contributed by atoms with Gasteiger partial charge in [-0.25, -0.2) is 0 Å². The molecule has 0 rings (SSSR count). The van der Waals surface area contributed by atoms with E-state index < -0.39 is 0 Å². The molecule has 0 aliphatic carbocycles. The Morgan fingerprint density at radius 2 is 1.64 bits per heavy atom. The van der Waals surface area contributed by atoms with E-state index in [1.165, 1.54) is 19.3 Å². The molecule has 0 saturated heterocycles. The van der Waals surface area contributed by atoms with Crippen molar-refractivity contribution in [3.05, 3.63) is 0 Å². The molecule has 0 radical (unpaired) electrons. The lowest BCUT2D eigenvalue weighted by atomic mass is 9.90. The third-order valence-corrected chi connectivity index (χ3v) is 1.58. The normalized spacial score (nSPS) is 10.2. The molecule has 0 aliphatic heterocycles. The number of carbonyl (C=O) groups excluding carboxylic acids is 1. The molecular formula is C9H19ClO. The minimum Gasteiger partial charge on any atom is -0.307 e. The number of hydrogen-bond acceptors (Lipinski definition) is 1. The van der Waals surface area contributed by atoms with Crippen molar-refractivity contribution in [2.75, 3.05) is 5.88 Å². The number of hydrogen-bond donors (Lipinski definition) is 0. The first kappa shape index (κ1) is 13.5. The lowest BCUT2D eigenvalue weighted by molar-refractivity contribution is -0.0979. The summed E-state index contributed by atoms with van der Waals surface area (Å²) >= 11 is 5.53. The highest BCUT2D eigenvalue weighted by Gasteiger charge is 2.07. The van der Waals surface area contributed by atoms with Crippen LogP contribution in [0.3, 0.4) is 0 Å². The Kier molecular flexibility index (Phi) is 9.92. The van der Waals surface area contributed by atoms with Gasteiger partial charge in [0.25, 0.3) is 0 Å². The predicted octanol–water partition coefficient (Wildman–Crippen LogP) is 3.26. The molecule has 0 aromatic heterocycles. The summed E-state index contributed by atoms with van der Waals surface area (Å²) in [6, 6.07) is 0. The SMILES string of the molecule is C=O.CC(C)(C)CCCCCl. The van der Waals surface area contributed by atoms with Gasteiger partial charge in [0.15, 0.2) is 0 Å². The number of alkyl halides is 1. The second kappa shape index (κ2) is 8.06. The molecule has 0 aliphatic rings. The average molecular weight is 179 g/mol. The highest BCUT2D eigenvalue weighted by molar-refractivity contribution is 6.17. The number of rotatable bonds is 3. The van der Waals surface area contributed by atoms with Gasteiger partial charge in [0.2, 0.25) is 0 Å². The number of carbonyl (C=O) groups is 1. The van der Waals surface area contributed by atoms with Gasteiger partial charge in [0.05, 0.1) is 0 Å². The maximum absolute atomic E-state index is 8.00. The zero-order valence-corrected chi connectivity index (χ0v) is 8.58. The van der Waals surface area contributed by atoms with Crippen LogP contribution in [0, 0.1) is 5.41 Å². The van der Waals surface area contributed by atoms with Crippen molar-refractivity contribution >= 4 is 18.4 Å². The van der Waals surface area contributed by atoms with Gasteiger partial charge in [0.1, 0.15) is 6.79 Å². The van der Waals surface area contributed by atoms with Crippen molar-refractivity contribution in [1.29, 1.82) is 0 Å². The number of halogens is 1. The Labute approximate surface area is 75.1 Å². The van der Waals surface area contributed by atoms with Gasteiger partial charge in [-0.2, -0.15) is 0 Å². The van der Waals surface area contributed by atoms with Crippen LogP contribution in [-0.2, 0) is 4.79 Å². The fourth-order valence-corrected chi connectivity index (χ4v) is 0.939. The minimum absolute atomic E-state index is 0.492. The summed E-state index contributed by atoms with van der Waals surface area (Å²) < 4.78 is 0. The van der Waals surface area contributed by atoms with Crippen molar-refractivity contribution in [2.45, 2.75) is 40.0 Å². The Balaban J connectivity index is 0. The van der Waals surface area contributed by atoms with E-state index in [2.05, 4.69) is 20.8 Å². The van der Waals surface area contributed by atoms with Crippen LogP contribution in [0.4, 0.5) is 0 Å². The van der Waals surface area contributed by atoms with Crippen molar-refractivity contribution in [3.63, 3.8) is 0 Å². The first-order chi connectivity index (χ1) is 5.06. The molecule has 2 heteroatoms. The molecule has 0 bridgehead atoms. The monoisotopic (exact) mass is 178 g/mol. The molecule has 0 atom stereocenters. The molecule has 0 aromatic rings. The van der Waals surface area contributed by atoms with Gasteiger partial charge in [0, 0.05) is 5.88 Å². The van der Waals surface area contributed by atoms with Crippen molar-refractivity contribution < 1.29 is 4.79 Å². The Hall–Kier alpha value is -0.0400. The van der Waals surface area contributed by atoms with Gasteiger partial charge in [-0.05, 0) is 18.3 Å². The summed E-state index contributed by atoms with van der Waals surface area (Å²) in [4.78, 5) is 8.00. The topological polar surface area (TPSA) is 17.1 Å². The molecule has 0 spiro atoms. The summed E-state index contributed by atoms with van der Waals surface area (Å²) in [5, 5.41) is 0. The van der Waals surface area contributed by atoms with Crippen molar-refractivity contribution in [3.8, 4) is 0 Å². The molecule has 0 saturated carbocycles. The smallest absolute Gasteiger partial charge is 0.106 e. The van der Waals surface area contributed by atoms with E-state index in [1.807, 2.05) is 6.79 Å². The summed E-state index contributed by atoms with van der Waals surface area (Å²) in [5.41, 5.74) is 0.492. The molecule has 0 heterocycles. The van der Waals surface area contributed by atoms with Gasteiger partial charge in [-0.1, -0.05) is 27.2 Å². The lowest BCUT2D eigenvalue weighted by Gasteiger charge is -2.16. The van der Waals surface area contributed by atoms with Crippen molar-refractivity contribution in [2.24, 2.45) is 5.41 Å². The van der Waals surface area contributed by atoms with Crippen LogP contribution in [-0.4, -0.2) is 12.7 Å². The van der Waals surface area contributed by atoms with Crippen LogP contribution in [0.15, 0.2) is 0 Å². The fourth-order valence-electron chi connectivity index (χ4n) is 0.750. The molecule has 0 aromatic carbocycles. The zero-order chi connectivity index (χ0) is 9.33. The van der Waals surface area contributed by atoms with Gasteiger partial charge in [-0.3, -0.25) is 0 Å². The maximum Gasteiger partial charge on any atom is 0.106 e. The van der Waals surface area contributed by atoms with E-state index in [0.717, 1.165) is 5.88 Å². The van der Waals surface area contributed by atoms with Crippen LogP contribution in [0.5, 0.6) is 0 Å². The van der Waals surface area contributed by atoms with E-state index in [0.29, 0.717) is 5.41 Å². The summed E-state index contributed by atoms with van der Waals surface area (Å²) in [6.07, 6.45) is 3.73. The third kappa shape index (κ3) is 17.8. The summed E-state index contributed by atoms with van der Waals surface area (Å²) in [7, 11) is 0. The Morgan fingerprint density at radius 3 is 1.91 bits per heavy atom. The standard InChI is InChI=1S/C8H17Cl.CH2O/c1-8(2,3)6-4-5-7-9;1-2/h4-7H2,1-3H3;1H2. The molecule has 0 fully saturated rings. The van der Waals surface area contributed by atoms with Gasteiger partial charge in [-0.15, -0.1) is 11.6 Å². The van der Waals surface area contributed by atoms with Gasteiger partial charge >= 0.3 is 0 Å². The average Bonchev–Trinajstić information content (AvgIpc) is 1.90. The largest absolute Gasteiger partial charge is 0.307 e. The highest BCUT2D eigenvalue weighted by Crippen LogP contribution is 2.21. The molecule has 0 N–H and O–H groups in total. The first-order valence-corrected chi connectivity index (χ1v) is 4.44. The van der Waals surface area contributed by atoms with Crippen LogP contribution < -0.4 is 0 Å². The third-order valence-electron chi connectivity index (χ3n) is 1.31. The highest BCUT2D eigenvalue weighted by atomic mass is 35.5. The lowest BCUT2D eigenvalue weighted by Crippen LogP contribution is -2.03. The van der Waals surface area contributed by atoms with E-state index in [9.17, 15) is 0 Å². The van der Waals surface area contributed by atoms with Crippen LogP contribution in [0.1, 0.15) is 40.0 Å². The summed E-state index contributed by atoms with van der Waals surface area (Å²) in [5.74, 6) is 0.816. The Bertz CT molecular complexity index is 76.1. The zero-order valence-electron chi connectivity index (χ0n) is 7.82. The second-order valence-corrected chi connectivity index (χ2v) is 4.08. The van der Waals surface area contributed by atoms with Crippen molar-refractivity contribution in [1.82, 2.24) is 0 Å². The maximum atomic E-state index is 8.00. The second-order valence-electron chi connectivity index (χ2n) is 3.71. The van der Waals surface area contributed by atoms with Crippen LogP contribution in [0.2, 0.25) is 0 Å². The predicted molar refractivity (Wildman–Crippen MR) is 51.1 cm³/mol. The first-order valence-electron chi connectivity index (χ1n) is 3.91. The molecule has 0 amide bonds. The van der Waals surface area contributed by atoms with Crippen LogP contribution >= 0.6 is 11.6 Å². The number of unbranched alkanes of at least 4 members (excludes halogenated alkanes) is 1. The minimum atomic E-state index is 0.492. The molecular weight excluding hydrogens is 160 g/mol. The summed E-state index contributed by atoms with van der Waals surface area (Å²) in [6.45, 7) is 8.80. The Morgan fingerprint density at radius 1 is 1.18 bits per heavy atom. The molecule has 68 valence electrons. The molecule has 1 nitrogen and oxygen atoms in total. The molecule has 0 unspecified atom stereocenters. The van der Waals surface area contributed by atoms with E-state index in [4.69, 9.17) is 16.4 Å². The van der Waals surface area contributed by atoms with E-state index in [1.54, 1.807) is 0 Å².